The molecule has 1 N–H and O–H groups in total. The molecule has 0 saturated carbocycles. The van der Waals surface area contributed by atoms with Gasteiger partial charge in [0.25, 0.3) is 0 Å². The number of nitrogens with one attached hydrogen (secondary N) is 1. The standard InChI is InChI=1S/C6H18NOP3/c1-3-4-6(2,5-7-9)8-11-10/h7,11H,3-5,9-10H2,1-2H3/t6-/m0/s1. The van der Waals surface area contributed by atoms with E-state index in [9.17, 15) is 0 Å². The molecule has 0 fully saturated rings. The van der Waals surface area contributed by atoms with E-state index in [0.717, 1.165) is 19.4 Å². The topological polar surface area (TPSA) is 21.3 Å². The van der Waals surface area contributed by atoms with Crippen LogP contribution in [0.25, 0.3) is 0 Å². The third-order valence-electron chi connectivity index (χ3n) is 1.56. The highest BCUT2D eigenvalue weighted by molar-refractivity contribution is 8.00. The van der Waals surface area contributed by atoms with Gasteiger partial charge in [0.2, 0.25) is 0 Å². The van der Waals surface area contributed by atoms with Gasteiger partial charge >= 0.3 is 0 Å². The molecule has 0 aliphatic rings. The Hall–Kier alpha value is 1.21. The van der Waals surface area contributed by atoms with Crippen molar-refractivity contribution in [2.75, 3.05) is 6.54 Å². The highest BCUT2D eigenvalue weighted by Gasteiger charge is 2.22. The molecule has 0 aromatic carbocycles. The van der Waals surface area contributed by atoms with Crippen molar-refractivity contribution in [1.29, 1.82) is 0 Å². The van der Waals surface area contributed by atoms with Crippen LogP contribution >= 0.6 is 26.8 Å². The lowest BCUT2D eigenvalue weighted by Crippen LogP contribution is -2.34. The molecule has 0 aromatic heterocycles. The van der Waals surface area contributed by atoms with E-state index in [-0.39, 0.29) is 5.60 Å². The summed E-state index contributed by atoms with van der Waals surface area (Å²) in [6.07, 6.45) is 2.27. The Morgan fingerprint density at radius 1 is 1.64 bits per heavy atom. The van der Waals surface area contributed by atoms with Crippen LogP contribution in [-0.2, 0) is 4.52 Å². The van der Waals surface area contributed by atoms with E-state index in [1.54, 1.807) is 0 Å². The van der Waals surface area contributed by atoms with Crippen molar-refractivity contribution in [2.24, 2.45) is 0 Å². The molecule has 0 radical (unpaired) electrons. The van der Waals surface area contributed by atoms with Gasteiger partial charge in [0.05, 0.1) is 5.60 Å². The fourth-order valence-electron chi connectivity index (χ4n) is 1.06. The Morgan fingerprint density at radius 2 is 2.27 bits per heavy atom. The summed E-state index contributed by atoms with van der Waals surface area (Å²) in [5.41, 5.74) is 0.0106. The Morgan fingerprint density at radius 3 is 2.64 bits per heavy atom. The van der Waals surface area contributed by atoms with Crippen LogP contribution in [0, 0.1) is 0 Å². The molecule has 0 rings (SSSR count). The second-order valence-corrected chi connectivity index (χ2v) is 4.36. The van der Waals surface area contributed by atoms with E-state index in [2.05, 4.69) is 37.3 Å². The van der Waals surface area contributed by atoms with E-state index in [4.69, 9.17) is 4.52 Å². The predicted molar refractivity (Wildman–Crippen MR) is 60.1 cm³/mol. The lowest BCUT2D eigenvalue weighted by Gasteiger charge is -2.28. The van der Waals surface area contributed by atoms with Crippen LogP contribution in [0.2, 0.25) is 0 Å². The molecule has 0 saturated heterocycles. The molecule has 0 aliphatic carbocycles. The first-order chi connectivity index (χ1) is 5.18. The first-order valence-electron chi connectivity index (χ1n) is 3.75. The van der Waals surface area contributed by atoms with Gasteiger partial charge in [-0.3, -0.25) is 5.09 Å². The Bertz CT molecular complexity index is 84.8. The van der Waals surface area contributed by atoms with Crippen molar-refractivity contribution in [2.45, 2.75) is 32.3 Å². The molecule has 11 heavy (non-hydrogen) atoms. The molecule has 0 bridgehead atoms. The molecule has 68 valence electrons. The summed E-state index contributed by atoms with van der Waals surface area (Å²) in [7, 11) is 5.62. The summed E-state index contributed by atoms with van der Waals surface area (Å²) in [5.74, 6) is 0. The number of hydrogen-bond donors (Lipinski definition) is 1. The number of hydrogen-bond acceptors (Lipinski definition) is 2. The van der Waals surface area contributed by atoms with Gasteiger partial charge in [0.15, 0.2) is 0 Å². The largest absolute Gasteiger partial charge is 0.351 e. The number of rotatable bonds is 6. The maximum Gasteiger partial charge on any atom is 0.0824 e. The molecule has 0 spiro atoms. The minimum atomic E-state index is 0.0106. The maximum atomic E-state index is 5.63. The smallest absolute Gasteiger partial charge is 0.0824 e. The van der Waals surface area contributed by atoms with Crippen molar-refractivity contribution in [1.82, 2.24) is 5.09 Å². The molecular formula is C6H18NOP3. The van der Waals surface area contributed by atoms with Gasteiger partial charge in [-0.1, -0.05) is 31.7 Å². The highest BCUT2D eigenvalue weighted by Crippen LogP contribution is 2.32. The first-order valence-corrected chi connectivity index (χ1v) is 7.05. The highest BCUT2D eigenvalue weighted by atomic mass is 32.0. The summed E-state index contributed by atoms with van der Waals surface area (Å²) >= 11 is 0. The lowest BCUT2D eigenvalue weighted by atomic mass is 10.0. The molecule has 0 aliphatic heterocycles. The van der Waals surface area contributed by atoms with E-state index in [1.807, 2.05) is 0 Å². The van der Waals surface area contributed by atoms with Gasteiger partial charge in [-0.2, -0.15) is 0 Å². The van der Waals surface area contributed by atoms with Crippen LogP contribution in [-0.4, -0.2) is 12.1 Å². The van der Waals surface area contributed by atoms with Gasteiger partial charge in [-0.15, -0.1) is 0 Å². The van der Waals surface area contributed by atoms with Gasteiger partial charge in [-0.05, 0) is 13.3 Å². The zero-order chi connectivity index (χ0) is 8.74. The average Bonchev–Trinajstić information content (AvgIpc) is 1.88. The quantitative estimate of drug-likeness (QED) is 0.683. The van der Waals surface area contributed by atoms with Crippen LogP contribution in [0.5, 0.6) is 0 Å². The monoisotopic (exact) mass is 213 g/mol. The SMILES string of the molecule is CCC[C@@](C)(CNP)OPP. The summed E-state index contributed by atoms with van der Waals surface area (Å²) in [6, 6.07) is 0. The summed E-state index contributed by atoms with van der Waals surface area (Å²) in [5, 5.41) is 3.06. The van der Waals surface area contributed by atoms with Gasteiger partial charge in [0, 0.05) is 15.0 Å². The van der Waals surface area contributed by atoms with Crippen molar-refractivity contribution < 1.29 is 4.52 Å². The summed E-state index contributed by atoms with van der Waals surface area (Å²) < 4.78 is 5.63. The van der Waals surface area contributed by atoms with E-state index in [0.29, 0.717) is 8.50 Å². The van der Waals surface area contributed by atoms with E-state index >= 15 is 0 Å². The third-order valence-corrected chi connectivity index (χ3v) is 2.73. The third kappa shape index (κ3) is 5.45. The second kappa shape index (κ2) is 6.70. The summed E-state index contributed by atoms with van der Waals surface area (Å²) in [4.78, 5) is 0. The lowest BCUT2D eigenvalue weighted by molar-refractivity contribution is 0.108. The minimum absolute atomic E-state index is 0.0106. The van der Waals surface area contributed by atoms with Crippen LogP contribution in [0.15, 0.2) is 0 Å². The van der Waals surface area contributed by atoms with E-state index < -0.39 is 0 Å². The van der Waals surface area contributed by atoms with Crippen LogP contribution in [0.3, 0.4) is 0 Å². The van der Waals surface area contributed by atoms with Crippen molar-refractivity contribution in [3.63, 3.8) is 0 Å². The summed E-state index contributed by atoms with van der Waals surface area (Å²) in [6.45, 7) is 5.22. The predicted octanol–water partition coefficient (Wildman–Crippen LogP) is 2.33. The zero-order valence-corrected chi connectivity index (χ0v) is 10.5. The van der Waals surface area contributed by atoms with Crippen LogP contribution in [0.1, 0.15) is 26.7 Å². The fraction of sp³-hybridized carbons (Fsp3) is 1.00. The Labute approximate surface area is 75.8 Å². The van der Waals surface area contributed by atoms with Crippen molar-refractivity contribution >= 4 is 26.8 Å². The molecular weight excluding hydrogens is 195 g/mol. The first kappa shape index (κ1) is 12.2. The molecule has 0 aromatic rings. The van der Waals surface area contributed by atoms with E-state index in [1.165, 1.54) is 0 Å². The van der Waals surface area contributed by atoms with Gasteiger partial charge in [0.1, 0.15) is 0 Å². The maximum absolute atomic E-state index is 5.63. The molecule has 2 nitrogen and oxygen atoms in total. The molecule has 0 amide bonds. The fourth-order valence-corrected chi connectivity index (χ4v) is 2.81. The van der Waals surface area contributed by atoms with Crippen molar-refractivity contribution in [3.8, 4) is 0 Å². The molecule has 4 atom stereocenters. The normalized spacial score (nSPS) is 17.5. The van der Waals surface area contributed by atoms with Crippen molar-refractivity contribution in [3.05, 3.63) is 0 Å². The molecule has 3 unspecified atom stereocenters. The van der Waals surface area contributed by atoms with Gasteiger partial charge in [-0.25, -0.2) is 0 Å². The minimum Gasteiger partial charge on any atom is -0.351 e. The Kier molecular flexibility index (Phi) is 7.43. The van der Waals surface area contributed by atoms with Crippen LogP contribution < -0.4 is 5.09 Å². The second-order valence-electron chi connectivity index (χ2n) is 2.80. The van der Waals surface area contributed by atoms with Gasteiger partial charge < -0.3 is 4.52 Å². The molecule has 0 heterocycles. The van der Waals surface area contributed by atoms with Crippen LogP contribution in [0.4, 0.5) is 0 Å². The average molecular weight is 213 g/mol. The Balaban J connectivity index is 3.79. The zero-order valence-electron chi connectivity index (χ0n) is 7.18. The molecule has 5 heteroatoms.